The standard InChI is InChI=1S/C15H30N2O/c1-17-11-6-5-7-13(17)10-12-18-15-9-4-2-3-8-14(15)16/h13-15H,2-12,16H2,1H3. The van der Waals surface area contributed by atoms with E-state index < -0.39 is 0 Å². The zero-order valence-electron chi connectivity index (χ0n) is 11.9. The van der Waals surface area contributed by atoms with Crippen molar-refractivity contribution in [2.75, 3.05) is 20.2 Å². The fourth-order valence-corrected chi connectivity index (χ4v) is 3.37. The van der Waals surface area contributed by atoms with Crippen LogP contribution in [0.2, 0.25) is 0 Å². The molecule has 3 atom stereocenters. The van der Waals surface area contributed by atoms with E-state index in [0.29, 0.717) is 6.10 Å². The fourth-order valence-electron chi connectivity index (χ4n) is 3.37. The number of nitrogens with zero attached hydrogens (tertiary/aromatic N) is 1. The number of ether oxygens (including phenoxy) is 1. The van der Waals surface area contributed by atoms with E-state index in [1.54, 1.807) is 0 Å². The van der Waals surface area contributed by atoms with E-state index in [9.17, 15) is 0 Å². The van der Waals surface area contributed by atoms with Gasteiger partial charge in [-0.05, 0) is 45.7 Å². The Morgan fingerprint density at radius 1 is 1.06 bits per heavy atom. The van der Waals surface area contributed by atoms with Gasteiger partial charge in [-0.3, -0.25) is 0 Å². The first-order valence-electron chi connectivity index (χ1n) is 7.85. The van der Waals surface area contributed by atoms with Crippen LogP contribution in [0, 0.1) is 0 Å². The maximum absolute atomic E-state index is 6.19. The Morgan fingerprint density at radius 2 is 1.83 bits per heavy atom. The number of likely N-dealkylation sites (tertiary alicyclic amines) is 1. The second kappa shape index (κ2) is 7.46. The Labute approximate surface area is 112 Å². The van der Waals surface area contributed by atoms with Gasteiger partial charge < -0.3 is 15.4 Å². The number of hydrogen-bond donors (Lipinski definition) is 1. The largest absolute Gasteiger partial charge is 0.377 e. The van der Waals surface area contributed by atoms with Crippen molar-refractivity contribution in [2.24, 2.45) is 5.73 Å². The third kappa shape index (κ3) is 4.22. The molecule has 0 radical (unpaired) electrons. The molecule has 3 heteroatoms. The van der Waals surface area contributed by atoms with Gasteiger partial charge in [-0.2, -0.15) is 0 Å². The molecule has 106 valence electrons. The van der Waals surface area contributed by atoms with Gasteiger partial charge >= 0.3 is 0 Å². The average Bonchev–Trinajstić information content (AvgIpc) is 2.57. The van der Waals surface area contributed by atoms with Crippen molar-refractivity contribution in [3.8, 4) is 0 Å². The molecule has 0 aromatic carbocycles. The number of rotatable bonds is 4. The van der Waals surface area contributed by atoms with E-state index in [1.807, 2.05) is 0 Å². The Bertz CT molecular complexity index is 235. The molecule has 1 saturated carbocycles. The lowest BCUT2D eigenvalue weighted by Crippen LogP contribution is -2.39. The number of hydrogen-bond acceptors (Lipinski definition) is 3. The molecule has 1 saturated heterocycles. The molecular formula is C15H30N2O. The summed E-state index contributed by atoms with van der Waals surface area (Å²) in [5.41, 5.74) is 6.19. The van der Waals surface area contributed by atoms with Gasteiger partial charge in [-0.1, -0.05) is 25.7 Å². The van der Waals surface area contributed by atoms with E-state index >= 15 is 0 Å². The van der Waals surface area contributed by atoms with Gasteiger partial charge in [0.25, 0.3) is 0 Å². The smallest absolute Gasteiger partial charge is 0.0725 e. The topological polar surface area (TPSA) is 38.5 Å². The Hall–Kier alpha value is -0.120. The molecule has 3 unspecified atom stereocenters. The maximum Gasteiger partial charge on any atom is 0.0725 e. The van der Waals surface area contributed by atoms with E-state index in [4.69, 9.17) is 10.5 Å². The number of nitrogens with two attached hydrogens (primary N) is 1. The Kier molecular flexibility index (Phi) is 5.93. The molecule has 3 nitrogen and oxygen atoms in total. The van der Waals surface area contributed by atoms with Crippen LogP contribution in [0.5, 0.6) is 0 Å². The quantitative estimate of drug-likeness (QED) is 0.784. The summed E-state index contributed by atoms with van der Waals surface area (Å²) in [6.45, 7) is 2.15. The van der Waals surface area contributed by atoms with Crippen LogP contribution in [0.3, 0.4) is 0 Å². The minimum absolute atomic E-state index is 0.275. The minimum Gasteiger partial charge on any atom is -0.377 e. The highest BCUT2D eigenvalue weighted by atomic mass is 16.5. The van der Waals surface area contributed by atoms with Gasteiger partial charge in [0.15, 0.2) is 0 Å². The summed E-state index contributed by atoms with van der Waals surface area (Å²) in [6.07, 6.45) is 11.8. The Balaban J connectivity index is 1.67. The summed E-state index contributed by atoms with van der Waals surface area (Å²) in [7, 11) is 2.25. The van der Waals surface area contributed by atoms with E-state index in [2.05, 4.69) is 11.9 Å². The maximum atomic E-state index is 6.19. The van der Waals surface area contributed by atoms with Gasteiger partial charge in [0.1, 0.15) is 0 Å². The van der Waals surface area contributed by atoms with Crippen LogP contribution in [0.4, 0.5) is 0 Å². The molecule has 1 heterocycles. The van der Waals surface area contributed by atoms with Crippen molar-refractivity contribution in [3.05, 3.63) is 0 Å². The molecule has 2 N–H and O–H groups in total. The van der Waals surface area contributed by atoms with Crippen molar-refractivity contribution < 1.29 is 4.74 Å². The van der Waals surface area contributed by atoms with E-state index in [1.165, 1.54) is 57.9 Å². The van der Waals surface area contributed by atoms with Crippen LogP contribution in [-0.2, 0) is 4.74 Å². The van der Waals surface area contributed by atoms with Crippen LogP contribution < -0.4 is 5.73 Å². The van der Waals surface area contributed by atoms with Gasteiger partial charge in [0.05, 0.1) is 6.10 Å². The molecule has 2 fully saturated rings. The zero-order valence-corrected chi connectivity index (χ0v) is 11.9. The predicted molar refractivity (Wildman–Crippen MR) is 75.7 cm³/mol. The lowest BCUT2D eigenvalue weighted by Gasteiger charge is -2.33. The zero-order chi connectivity index (χ0) is 12.8. The lowest BCUT2D eigenvalue weighted by atomic mass is 10.0. The van der Waals surface area contributed by atoms with Crippen LogP contribution in [0.1, 0.15) is 57.8 Å². The molecule has 1 aliphatic heterocycles. The SMILES string of the molecule is CN1CCCCC1CCOC1CCCCCC1N. The molecule has 0 aromatic heterocycles. The average molecular weight is 254 g/mol. The summed E-state index contributed by atoms with van der Waals surface area (Å²) in [6, 6.07) is 1.01. The molecule has 0 amide bonds. The molecule has 18 heavy (non-hydrogen) atoms. The van der Waals surface area contributed by atoms with E-state index in [-0.39, 0.29) is 6.04 Å². The third-order valence-corrected chi connectivity index (χ3v) is 4.71. The van der Waals surface area contributed by atoms with Crippen molar-refractivity contribution in [1.29, 1.82) is 0 Å². The first-order chi connectivity index (χ1) is 8.77. The second-order valence-electron chi connectivity index (χ2n) is 6.13. The van der Waals surface area contributed by atoms with Crippen molar-refractivity contribution in [1.82, 2.24) is 4.90 Å². The molecule has 0 aromatic rings. The van der Waals surface area contributed by atoms with Crippen molar-refractivity contribution in [3.63, 3.8) is 0 Å². The van der Waals surface area contributed by atoms with Gasteiger partial charge in [-0.15, -0.1) is 0 Å². The van der Waals surface area contributed by atoms with Crippen LogP contribution in [0.25, 0.3) is 0 Å². The van der Waals surface area contributed by atoms with Crippen LogP contribution >= 0.6 is 0 Å². The van der Waals surface area contributed by atoms with Gasteiger partial charge in [-0.25, -0.2) is 0 Å². The number of piperidine rings is 1. The molecular weight excluding hydrogens is 224 g/mol. The second-order valence-corrected chi connectivity index (χ2v) is 6.13. The first-order valence-corrected chi connectivity index (χ1v) is 7.85. The summed E-state index contributed by atoms with van der Waals surface area (Å²) in [4.78, 5) is 2.50. The highest BCUT2D eigenvalue weighted by Crippen LogP contribution is 2.21. The first kappa shape index (κ1) is 14.3. The minimum atomic E-state index is 0.275. The molecule has 0 spiro atoms. The van der Waals surface area contributed by atoms with Gasteiger partial charge in [0, 0.05) is 18.7 Å². The summed E-state index contributed by atoms with van der Waals surface area (Å²) < 4.78 is 6.07. The highest BCUT2D eigenvalue weighted by Gasteiger charge is 2.22. The highest BCUT2D eigenvalue weighted by molar-refractivity contribution is 4.78. The van der Waals surface area contributed by atoms with Gasteiger partial charge in [0.2, 0.25) is 0 Å². The van der Waals surface area contributed by atoms with Crippen molar-refractivity contribution >= 4 is 0 Å². The molecule has 0 bridgehead atoms. The normalized spacial score (nSPS) is 35.3. The fraction of sp³-hybridized carbons (Fsp3) is 1.00. The summed E-state index contributed by atoms with van der Waals surface area (Å²) in [5, 5.41) is 0. The predicted octanol–water partition coefficient (Wildman–Crippen LogP) is 2.54. The van der Waals surface area contributed by atoms with Crippen molar-refractivity contribution in [2.45, 2.75) is 76.0 Å². The summed E-state index contributed by atoms with van der Waals surface area (Å²) >= 11 is 0. The monoisotopic (exact) mass is 254 g/mol. The Morgan fingerprint density at radius 3 is 2.67 bits per heavy atom. The van der Waals surface area contributed by atoms with E-state index in [0.717, 1.165) is 19.1 Å². The summed E-state index contributed by atoms with van der Waals surface area (Å²) in [5.74, 6) is 0. The molecule has 1 aliphatic carbocycles. The molecule has 2 rings (SSSR count). The third-order valence-electron chi connectivity index (χ3n) is 4.71. The van der Waals surface area contributed by atoms with Crippen LogP contribution in [0.15, 0.2) is 0 Å². The lowest BCUT2D eigenvalue weighted by molar-refractivity contribution is 0.0160. The van der Waals surface area contributed by atoms with Crippen LogP contribution in [-0.4, -0.2) is 43.3 Å². The molecule has 2 aliphatic rings.